The monoisotopic (exact) mass is 281 g/mol. The minimum atomic E-state index is 0.0169. The summed E-state index contributed by atoms with van der Waals surface area (Å²) in [5.74, 6) is 0. The Labute approximate surface area is 113 Å². The van der Waals surface area contributed by atoms with Crippen LogP contribution in [0.5, 0.6) is 0 Å². The van der Waals surface area contributed by atoms with E-state index in [2.05, 4.69) is 9.97 Å². The lowest BCUT2D eigenvalue weighted by molar-refractivity contribution is 0.649. The molecular weight excluding hydrogens is 270 g/mol. The van der Waals surface area contributed by atoms with E-state index in [1.54, 1.807) is 10.5 Å². The molecule has 18 heavy (non-hydrogen) atoms. The Morgan fingerprint density at radius 3 is 2.89 bits per heavy atom. The van der Waals surface area contributed by atoms with Crippen LogP contribution >= 0.6 is 23.4 Å². The Morgan fingerprint density at radius 2 is 2.11 bits per heavy atom. The van der Waals surface area contributed by atoms with E-state index in [0.717, 1.165) is 36.9 Å². The number of halogens is 1. The van der Waals surface area contributed by atoms with E-state index in [0.29, 0.717) is 16.0 Å². The van der Waals surface area contributed by atoms with E-state index in [-0.39, 0.29) is 5.56 Å². The third kappa shape index (κ3) is 1.82. The van der Waals surface area contributed by atoms with Crippen LogP contribution in [0.25, 0.3) is 5.65 Å². The van der Waals surface area contributed by atoms with Crippen molar-refractivity contribution >= 4 is 29.0 Å². The second-order valence-electron chi connectivity index (χ2n) is 4.31. The average Bonchev–Trinajstić information content (AvgIpc) is 2.37. The molecule has 2 aromatic heterocycles. The second kappa shape index (κ2) is 4.55. The molecule has 2 heterocycles. The van der Waals surface area contributed by atoms with Crippen LogP contribution in [0.1, 0.15) is 24.1 Å². The van der Waals surface area contributed by atoms with Crippen molar-refractivity contribution in [3.8, 4) is 0 Å². The Bertz CT molecular complexity index is 683. The van der Waals surface area contributed by atoms with Gasteiger partial charge >= 0.3 is 0 Å². The summed E-state index contributed by atoms with van der Waals surface area (Å²) in [6.45, 7) is 0. The highest BCUT2D eigenvalue weighted by atomic mass is 35.5. The van der Waals surface area contributed by atoms with Gasteiger partial charge in [-0.1, -0.05) is 23.4 Å². The van der Waals surface area contributed by atoms with Gasteiger partial charge in [0.05, 0.1) is 5.69 Å². The standard InChI is InChI=1S/C12H12ClN3OS/c1-18-12-15-9(13)6-10-14-8-5-3-2-4-7(8)11(17)16(10)12/h6H,2-5H2,1H3. The van der Waals surface area contributed by atoms with Crippen molar-refractivity contribution in [1.82, 2.24) is 14.4 Å². The number of hydrogen-bond donors (Lipinski definition) is 0. The minimum absolute atomic E-state index is 0.0169. The summed E-state index contributed by atoms with van der Waals surface area (Å²) in [7, 11) is 0. The number of fused-ring (bicyclic) bond motifs is 2. The zero-order valence-electron chi connectivity index (χ0n) is 9.94. The first-order chi connectivity index (χ1) is 8.70. The summed E-state index contributed by atoms with van der Waals surface area (Å²) in [6, 6.07) is 1.65. The molecule has 0 saturated heterocycles. The van der Waals surface area contributed by atoms with E-state index in [1.165, 1.54) is 11.8 Å². The fraction of sp³-hybridized carbons (Fsp3) is 0.417. The molecule has 3 rings (SSSR count). The molecule has 0 amide bonds. The highest BCUT2D eigenvalue weighted by Gasteiger charge is 2.18. The number of hydrogen-bond acceptors (Lipinski definition) is 4. The molecule has 0 bridgehead atoms. The number of aryl methyl sites for hydroxylation is 1. The Kier molecular flexibility index (Phi) is 3.03. The van der Waals surface area contributed by atoms with E-state index in [4.69, 9.17) is 11.6 Å². The average molecular weight is 282 g/mol. The third-order valence-corrected chi connectivity index (χ3v) is 4.04. The van der Waals surface area contributed by atoms with Crippen molar-refractivity contribution in [2.24, 2.45) is 0 Å². The van der Waals surface area contributed by atoms with Gasteiger partial charge in [-0.15, -0.1) is 0 Å². The maximum atomic E-state index is 12.5. The van der Waals surface area contributed by atoms with Crippen LogP contribution in [0, 0.1) is 0 Å². The SMILES string of the molecule is CSc1nc(Cl)cc2nc3c(c(=O)n12)CCCC3. The summed E-state index contributed by atoms with van der Waals surface area (Å²) in [4.78, 5) is 21.2. The molecular formula is C12H12ClN3OS. The molecule has 0 aliphatic heterocycles. The Hall–Kier alpha value is -1.07. The van der Waals surface area contributed by atoms with Gasteiger partial charge in [0.1, 0.15) is 10.8 Å². The summed E-state index contributed by atoms with van der Waals surface area (Å²) in [6.07, 6.45) is 5.75. The van der Waals surface area contributed by atoms with Gasteiger partial charge in [-0.2, -0.15) is 0 Å². The van der Waals surface area contributed by atoms with Gasteiger partial charge < -0.3 is 0 Å². The summed E-state index contributed by atoms with van der Waals surface area (Å²) in [5, 5.41) is 0.977. The molecule has 0 unspecified atom stereocenters. The maximum absolute atomic E-state index is 12.5. The van der Waals surface area contributed by atoms with Crippen molar-refractivity contribution < 1.29 is 0 Å². The quantitative estimate of drug-likeness (QED) is 0.457. The van der Waals surface area contributed by atoms with E-state index in [1.807, 2.05) is 6.26 Å². The van der Waals surface area contributed by atoms with Crippen molar-refractivity contribution in [3.63, 3.8) is 0 Å². The highest BCUT2D eigenvalue weighted by Crippen LogP contribution is 2.21. The first-order valence-electron chi connectivity index (χ1n) is 5.86. The lowest BCUT2D eigenvalue weighted by Crippen LogP contribution is -2.26. The molecule has 0 radical (unpaired) electrons. The Balaban J connectivity index is 2.42. The normalized spacial score (nSPS) is 14.8. The minimum Gasteiger partial charge on any atom is -0.268 e. The van der Waals surface area contributed by atoms with Gasteiger partial charge in [0.25, 0.3) is 5.56 Å². The highest BCUT2D eigenvalue weighted by molar-refractivity contribution is 7.98. The number of thioether (sulfide) groups is 1. The van der Waals surface area contributed by atoms with Gasteiger partial charge in [0.2, 0.25) is 0 Å². The van der Waals surface area contributed by atoms with Gasteiger partial charge in [-0.25, -0.2) is 14.4 Å². The van der Waals surface area contributed by atoms with Crippen LogP contribution in [-0.2, 0) is 12.8 Å². The molecule has 1 aliphatic rings. The molecule has 0 aromatic carbocycles. The Morgan fingerprint density at radius 1 is 1.33 bits per heavy atom. The molecule has 0 N–H and O–H groups in total. The van der Waals surface area contributed by atoms with Crippen molar-refractivity contribution in [2.75, 3.05) is 6.26 Å². The van der Waals surface area contributed by atoms with Crippen LogP contribution in [0.15, 0.2) is 16.0 Å². The molecule has 2 aromatic rings. The van der Waals surface area contributed by atoms with Crippen LogP contribution in [0.3, 0.4) is 0 Å². The predicted molar refractivity (Wildman–Crippen MR) is 72.7 cm³/mol. The lowest BCUT2D eigenvalue weighted by Gasteiger charge is -2.16. The van der Waals surface area contributed by atoms with Crippen molar-refractivity contribution in [1.29, 1.82) is 0 Å². The fourth-order valence-electron chi connectivity index (χ4n) is 2.37. The van der Waals surface area contributed by atoms with Gasteiger partial charge in [0, 0.05) is 11.6 Å². The molecule has 0 spiro atoms. The van der Waals surface area contributed by atoms with Gasteiger partial charge in [-0.05, 0) is 31.9 Å². The summed E-state index contributed by atoms with van der Waals surface area (Å²) < 4.78 is 1.57. The van der Waals surface area contributed by atoms with Crippen molar-refractivity contribution in [2.45, 2.75) is 30.8 Å². The van der Waals surface area contributed by atoms with Crippen LogP contribution in [-0.4, -0.2) is 20.6 Å². The molecule has 94 valence electrons. The number of rotatable bonds is 1. The lowest BCUT2D eigenvalue weighted by atomic mass is 9.97. The zero-order valence-corrected chi connectivity index (χ0v) is 11.5. The van der Waals surface area contributed by atoms with E-state index >= 15 is 0 Å². The second-order valence-corrected chi connectivity index (χ2v) is 5.47. The molecule has 4 nitrogen and oxygen atoms in total. The fourth-order valence-corrected chi connectivity index (χ4v) is 3.15. The molecule has 0 atom stereocenters. The smallest absolute Gasteiger partial charge is 0.263 e. The molecule has 1 aliphatic carbocycles. The van der Waals surface area contributed by atoms with Gasteiger partial charge in [0.15, 0.2) is 5.16 Å². The first-order valence-corrected chi connectivity index (χ1v) is 7.46. The van der Waals surface area contributed by atoms with E-state index < -0.39 is 0 Å². The number of aromatic nitrogens is 3. The van der Waals surface area contributed by atoms with Gasteiger partial charge in [-0.3, -0.25) is 4.79 Å². The van der Waals surface area contributed by atoms with Crippen molar-refractivity contribution in [3.05, 3.63) is 32.8 Å². The van der Waals surface area contributed by atoms with E-state index in [9.17, 15) is 4.79 Å². The summed E-state index contributed by atoms with van der Waals surface area (Å²) in [5.41, 5.74) is 2.40. The zero-order chi connectivity index (χ0) is 12.7. The van der Waals surface area contributed by atoms with Crippen LogP contribution < -0.4 is 5.56 Å². The maximum Gasteiger partial charge on any atom is 0.263 e. The predicted octanol–water partition coefficient (Wildman–Crippen LogP) is 2.34. The molecule has 0 fully saturated rings. The largest absolute Gasteiger partial charge is 0.268 e. The van der Waals surface area contributed by atoms with Crippen LogP contribution in [0.4, 0.5) is 0 Å². The van der Waals surface area contributed by atoms with Crippen LogP contribution in [0.2, 0.25) is 5.15 Å². The topological polar surface area (TPSA) is 47.3 Å². The first kappa shape index (κ1) is 12.0. The molecule has 6 heteroatoms. The summed E-state index contributed by atoms with van der Waals surface area (Å²) >= 11 is 7.36. The molecule has 0 saturated carbocycles. The number of nitrogens with zero attached hydrogens (tertiary/aromatic N) is 3. The third-order valence-electron chi connectivity index (χ3n) is 3.20.